The molecule has 0 amide bonds. The quantitative estimate of drug-likeness (QED) is 0.382. The molecule has 2 N–H and O–H groups in total. The molecule has 0 saturated heterocycles. The molecule has 4 aromatic rings. The van der Waals surface area contributed by atoms with Gasteiger partial charge >= 0.3 is 0 Å². The summed E-state index contributed by atoms with van der Waals surface area (Å²) in [4.78, 5) is 1.21. The second-order valence-electron chi connectivity index (χ2n) is 5.01. The number of nitrogens with zero attached hydrogens (tertiary/aromatic N) is 1. The van der Waals surface area contributed by atoms with Crippen molar-refractivity contribution in [3.05, 3.63) is 53.1 Å². The Morgan fingerprint density at radius 3 is 2.67 bits per heavy atom. The van der Waals surface area contributed by atoms with Crippen molar-refractivity contribution in [3.63, 3.8) is 0 Å². The molecule has 0 aliphatic heterocycles. The van der Waals surface area contributed by atoms with Crippen LogP contribution in [0.3, 0.4) is 0 Å². The summed E-state index contributed by atoms with van der Waals surface area (Å²) >= 11 is 7.99. The number of benzene rings is 2. The van der Waals surface area contributed by atoms with E-state index in [2.05, 4.69) is 41.7 Å². The van der Waals surface area contributed by atoms with E-state index in [9.17, 15) is 0 Å². The summed E-state index contributed by atoms with van der Waals surface area (Å²) in [6, 6.07) is 14.6. The maximum absolute atomic E-state index is 6.20. The molecule has 0 radical (unpaired) electrons. The van der Waals surface area contributed by atoms with Gasteiger partial charge in [-0.3, -0.25) is 0 Å². The predicted octanol–water partition coefficient (Wildman–Crippen LogP) is 1.34. The molecule has 4 rings (SSSR count). The SMILES string of the molecule is Cc1ccc2sc3ccc4cc(N)c(Cl)cc4[n+]3c2c1.[Cl-]. The van der Waals surface area contributed by atoms with Gasteiger partial charge in [-0.1, -0.05) is 29.0 Å². The average Bonchev–Trinajstić information content (AvgIpc) is 2.78. The Kier molecular flexibility index (Phi) is 3.44. The Balaban J connectivity index is 0.00000132. The molecule has 0 atom stereocenters. The second kappa shape index (κ2) is 5.02. The average molecular weight is 335 g/mol. The number of fused-ring (bicyclic) bond motifs is 5. The number of hydrogen-bond acceptors (Lipinski definition) is 2. The molecule has 2 nitrogen and oxygen atoms in total. The fourth-order valence-corrected chi connectivity index (χ4v) is 3.81. The molecule has 0 unspecified atom stereocenters. The van der Waals surface area contributed by atoms with Crippen molar-refractivity contribution >= 4 is 54.6 Å². The van der Waals surface area contributed by atoms with E-state index >= 15 is 0 Å². The van der Waals surface area contributed by atoms with Gasteiger partial charge in [-0.15, -0.1) is 4.40 Å². The number of halogens is 2. The Hall–Kier alpha value is -1.55. The van der Waals surface area contributed by atoms with Crippen LogP contribution >= 0.6 is 22.9 Å². The van der Waals surface area contributed by atoms with Crippen LogP contribution in [0.25, 0.3) is 25.9 Å². The highest BCUT2D eigenvalue weighted by atomic mass is 35.5. The van der Waals surface area contributed by atoms with Crippen LogP contribution < -0.4 is 22.5 Å². The monoisotopic (exact) mass is 334 g/mol. The minimum Gasteiger partial charge on any atom is -1.00 e. The highest BCUT2D eigenvalue weighted by Crippen LogP contribution is 2.28. The van der Waals surface area contributed by atoms with Crippen molar-refractivity contribution in [1.29, 1.82) is 0 Å². The van der Waals surface area contributed by atoms with Crippen molar-refractivity contribution in [2.75, 3.05) is 5.73 Å². The van der Waals surface area contributed by atoms with Crippen LogP contribution in [-0.2, 0) is 0 Å². The van der Waals surface area contributed by atoms with Gasteiger partial charge in [0.15, 0.2) is 0 Å². The minimum atomic E-state index is 0. The number of nitrogen functional groups attached to an aromatic ring is 1. The number of hydrogen-bond donors (Lipinski definition) is 1. The number of aromatic nitrogens is 1. The molecule has 0 spiro atoms. The number of pyridine rings is 1. The molecule has 0 fully saturated rings. The largest absolute Gasteiger partial charge is 1.00 e. The Morgan fingerprint density at radius 2 is 1.86 bits per heavy atom. The van der Waals surface area contributed by atoms with Crippen LogP contribution in [-0.4, -0.2) is 0 Å². The molecule has 0 saturated carbocycles. The molecule has 0 aliphatic rings. The topological polar surface area (TPSA) is 30.1 Å². The molecule has 5 heteroatoms. The van der Waals surface area contributed by atoms with Gasteiger partial charge in [-0.05, 0) is 30.7 Å². The van der Waals surface area contributed by atoms with Crippen molar-refractivity contribution < 1.29 is 16.8 Å². The van der Waals surface area contributed by atoms with Crippen molar-refractivity contribution in [3.8, 4) is 0 Å². The Labute approximate surface area is 137 Å². The maximum atomic E-state index is 6.20. The van der Waals surface area contributed by atoms with E-state index in [0.29, 0.717) is 10.7 Å². The van der Waals surface area contributed by atoms with Crippen molar-refractivity contribution in [2.24, 2.45) is 0 Å². The van der Waals surface area contributed by atoms with Crippen LogP contribution in [0.4, 0.5) is 5.69 Å². The van der Waals surface area contributed by atoms with E-state index in [1.54, 1.807) is 11.3 Å². The van der Waals surface area contributed by atoms with E-state index in [0.717, 1.165) is 10.9 Å². The molecule has 21 heavy (non-hydrogen) atoms. The number of nitrogens with two attached hydrogens (primary N) is 1. The summed E-state index contributed by atoms with van der Waals surface area (Å²) in [6.45, 7) is 2.11. The third-order valence-electron chi connectivity index (χ3n) is 3.58. The third-order valence-corrected chi connectivity index (χ3v) is 5.00. The smallest absolute Gasteiger partial charge is 0.268 e. The zero-order chi connectivity index (χ0) is 13.9. The summed E-state index contributed by atoms with van der Waals surface area (Å²) in [5.41, 5.74) is 10.1. The van der Waals surface area contributed by atoms with Gasteiger partial charge < -0.3 is 18.1 Å². The number of thiazole rings is 1. The second-order valence-corrected chi connectivity index (χ2v) is 6.48. The normalized spacial score (nSPS) is 11.1. The van der Waals surface area contributed by atoms with Crippen LogP contribution in [0.1, 0.15) is 5.56 Å². The van der Waals surface area contributed by atoms with Gasteiger partial charge in [0, 0.05) is 23.6 Å². The van der Waals surface area contributed by atoms with E-state index < -0.39 is 0 Å². The van der Waals surface area contributed by atoms with Gasteiger partial charge in [0.1, 0.15) is 4.70 Å². The highest BCUT2D eigenvalue weighted by molar-refractivity contribution is 7.23. The van der Waals surface area contributed by atoms with E-state index in [4.69, 9.17) is 17.3 Å². The molecule has 106 valence electrons. The van der Waals surface area contributed by atoms with Crippen LogP contribution in [0.15, 0.2) is 42.5 Å². The van der Waals surface area contributed by atoms with Crippen molar-refractivity contribution in [1.82, 2.24) is 0 Å². The Morgan fingerprint density at radius 1 is 1.05 bits per heavy atom. The zero-order valence-corrected chi connectivity index (χ0v) is 13.6. The lowest BCUT2D eigenvalue weighted by Crippen LogP contribution is -3.00. The summed E-state index contributed by atoms with van der Waals surface area (Å²) in [6.07, 6.45) is 0. The van der Waals surface area contributed by atoms with Gasteiger partial charge in [0.25, 0.3) is 4.83 Å². The van der Waals surface area contributed by atoms with Crippen LogP contribution in [0.5, 0.6) is 0 Å². The fraction of sp³-hybridized carbons (Fsp3) is 0.0625. The van der Waals surface area contributed by atoms with Gasteiger partial charge in [-0.25, -0.2) is 0 Å². The summed E-state index contributed by atoms with van der Waals surface area (Å²) < 4.78 is 3.53. The number of aryl methyl sites for hydroxylation is 1. The first-order chi connectivity index (χ1) is 9.63. The summed E-state index contributed by atoms with van der Waals surface area (Å²) in [5, 5.41) is 1.70. The van der Waals surface area contributed by atoms with Crippen LogP contribution in [0, 0.1) is 6.92 Å². The third kappa shape index (κ3) is 2.13. The van der Waals surface area contributed by atoms with Crippen molar-refractivity contribution in [2.45, 2.75) is 6.92 Å². The van der Waals surface area contributed by atoms with Gasteiger partial charge in [0.2, 0.25) is 11.0 Å². The first-order valence-electron chi connectivity index (χ1n) is 6.36. The van der Waals surface area contributed by atoms with E-state index in [-0.39, 0.29) is 12.4 Å². The van der Waals surface area contributed by atoms with E-state index in [1.807, 2.05) is 12.1 Å². The fourth-order valence-electron chi connectivity index (χ4n) is 2.61. The highest BCUT2D eigenvalue weighted by Gasteiger charge is 2.18. The molecule has 0 bridgehead atoms. The summed E-state index contributed by atoms with van der Waals surface area (Å²) in [7, 11) is 0. The first-order valence-corrected chi connectivity index (χ1v) is 7.55. The number of rotatable bonds is 0. The zero-order valence-electron chi connectivity index (χ0n) is 11.2. The number of anilines is 1. The lowest BCUT2D eigenvalue weighted by atomic mass is 10.2. The molecule has 2 aromatic carbocycles. The Bertz CT molecular complexity index is 992. The first kappa shape index (κ1) is 14.4. The lowest BCUT2D eigenvalue weighted by Gasteiger charge is -1.99. The maximum Gasteiger partial charge on any atom is 0.268 e. The molecule has 2 aromatic heterocycles. The standard InChI is InChI=1S/C16H12ClN2S.ClH/c1-9-2-4-15-14(6-9)19-13-8-11(17)12(18)7-10(13)3-5-16(19)20-15;/h2-8H,18H2,1H3;1H/q+1;/p-1. The van der Waals surface area contributed by atoms with Gasteiger partial charge in [0.05, 0.1) is 10.7 Å². The minimum absolute atomic E-state index is 0. The summed E-state index contributed by atoms with van der Waals surface area (Å²) in [5.74, 6) is 0. The molecule has 0 aliphatic carbocycles. The van der Waals surface area contributed by atoms with E-state index in [1.165, 1.54) is 20.6 Å². The molecular formula is C16H12Cl2N2S. The molecular weight excluding hydrogens is 323 g/mol. The molecule has 2 heterocycles. The lowest BCUT2D eigenvalue weighted by molar-refractivity contribution is -0.446. The predicted molar refractivity (Wildman–Crippen MR) is 86.7 cm³/mol. The van der Waals surface area contributed by atoms with Crippen LogP contribution in [0.2, 0.25) is 5.02 Å². The van der Waals surface area contributed by atoms with Gasteiger partial charge in [-0.2, -0.15) is 0 Å².